The van der Waals surface area contributed by atoms with E-state index < -0.39 is 0 Å². The quantitative estimate of drug-likeness (QED) is 0.713. The van der Waals surface area contributed by atoms with Crippen LogP contribution < -0.4 is 15.0 Å². The molecule has 1 aliphatic rings. The van der Waals surface area contributed by atoms with Crippen LogP contribution in [0.25, 0.3) is 0 Å². The van der Waals surface area contributed by atoms with Crippen LogP contribution in [0, 0.1) is 0 Å². The first kappa shape index (κ1) is 17.3. The molecule has 0 bridgehead atoms. The number of nitrogens with one attached hydrogen (secondary N) is 1. The number of para-hydroxylation sites is 1. The van der Waals surface area contributed by atoms with Gasteiger partial charge >= 0.3 is 0 Å². The third kappa shape index (κ3) is 3.72. The topological polar surface area (TPSA) is 50.3 Å². The zero-order valence-electron chi connectivity index (χ0n) is 15.7. The Balaban J connectivity index is 1.43. The molecule has 1 aliphatic heterocycles. The molecular weight excluding hydrogens is 336 g/mol. The van der Waals surface area contributed by atoms with E-state index in [1.54, 1.807) is 7.11 Å². The molecule has 0 aliphatic carbocycles. The second-order valence-corrected chi connectivity index (χ2v) is 6.82. The molecule has 0 radical (unpaired) electrons. The van der Waals surface area contributed by atoms with E-state index in [1.807, 2.05) is 24.4 Å². The van der Waals surface area contributed by atoms with Gasteiger partial charge in [-0.25, -0.2) is 4.98 Å². The molecule has 2 heterocycles. The van der Waals surface area contributed by atoms with E-state index in [0.717, 1.165) is 31.0 Å². The monoisotopic (exact) mass is 360 g/mol. The van der Waals surface area contributed by atoms with Crippen molar-refractivity contribution in [1.82, 2.24) is 9.97 Å². The Kier molecular flexibility index (Phi) is 4.92. The summed E-state index contributed by atoms with van der Waals surface area (Å²) in [7, 11) is 1.68. The first-order valence-corrected chi connectivity index (χ1v) is 9.31. The van der Waals surface area contributed by atoms with Crippen LogP contribution in [0.3, 0.4) is 0 Å². The highest BCUT2D eigenvalue weighted by Gasteiger charge is 2.27. The minimum absolute atomic E-state index is 0.393. The Labute approximate surface area is 160 Å². The second kappa shape index (κ2) is 7.66. The summed E-state index contributed by atoms with van der Waals surface area (Å²) >= 11 is 0. The molecule has 1 aromatic heterocycles. The van der Waals surface area contributed by atoms with Gasteiger partial charge in [-0.2, -0.15) is 4.98 Å². The van der Waals surface area contributed by atoms with Crippen molar-refractivity contribution in [3.05, 3.63) is 71.9 Å². The van der Waals surface area contributed by atoms with Crippen molar-refractivity contribution in [2.24, 2.45) is 0 Å². The maximum absolute atomic E-state index is 5.20. The van der Waals surface area contributed by atoms with Gasteiger partial charge in [0.1, 0.15) is 11.6 Å². The number of methoxy groups -OCH3 is 1. The van der Waals surface area contributed by atoms with Crippen LogP contribution >= 0.6 is 0 Å². The highest BCUT2D eigenvalue weighted by atomic mass is 16.5. The molecule has 138 valence electrons. The average Bonchev–Trinajstić information content (AvgIpc) is 3.04. The summed E-state index contributed by atoms with van der Waals surface area (Å²) in [5.74, 6) is 2.48. The van der Waals surface area contributed by atoms with Crippen molar-refractivity contribution in [1.29, 1.82) is 0 Å². The third-order valence-electron chi connectivity index (χ3n) is 4.95. The van der Waals surface area contributed by atoms with Crippen molar-refractivity contribution in [2.75, 3.05) is 23.9 Å². The van der Waals surface area contributed by atoms with Gasteiger partial charge in [-0.15, -0.1) is 0 Å². The van der Waals surface area contributed by atoms with Gasteiger partial charge in [-0.1, -0.05) is 30.3 Å². The summed E-state index contributed by atoms with van der Waals surface area (Å²) in [5.41, 5.74) is 3.87. The van der Waals surface area contributed by atoms with Crippen LogP contribution in [0.5, 0.6) is 5.75 Å². The van der Waals surface area contributed by atoms with Gasteiger partial charge in [-0.05, 0) is 55.2 Å². The zero-order valence-corrected chi connectivity index (χ0v) is 15.7. The lowest BCUT2D eigenvalue weighted by Gasteiger charge is -2.24. The number of benzene rings is 2. The number of rotatable bonds is 6. The van der Waals surface area contributed by atoms with Crippen LogP contribution in [0.1, 0.15) is 18.1 Å². The van der Waals surface area contributed by atoms with Crippen molar-refractivity contribution in [3.8, 4) is 5.75 Å². The largest absolute Gasteiger partial charge is 0.497 e. The fraction of sp³-hybridized carbons (Fsp3) is 0.273. The summed E-state index contributed by atoms with van der Waals surface area (Å²) in [5, 5.41) is 3.34. The lowest BCUT2D eigenvalue weighted by atomic mass is 10.1. The van der Waals surface area contributed by atoms with Crippen molar-refractivity contribution in [2.45, 2.75) is 25.8 Å². The molecule has 5 heteroatoms. The van der Waals surface area contributed by atoms with E-state index in [1.165, 1.54) is 16.8 Å². The Morgan fingerprint density at radius 3 is 2.74 bits per heavy atom. The minimum atomic E-state index is 0.393. The van der Waals surface area contributed by atoms with Gasteiger partial charge in [0.2, 0.25) is 5.95 Å². The molecule has 4 rings (SSSR count). The lowest BCUT2D eigenvalue weighted by Crippen LogP contribution is -2.25. The van der Waals surface area contributed by atoms with Crippen LogP contribution in [0.4, 0.5) is 17.5 Å². The van der Waals surface area contributed by atoms with Crippen molar-refractivity contribution >= 4 is 17.5 Å². The fourth-order valence-electron chi connectivity index (χ4n) is 3.59. The summed E-state index contributed by atoms with van der Waals surface area (Å²) < 4.78 is 5.20. The van der Waals surface area contributed by atoms with E-state index in [4.69, 9.17) is 9.72 Å². The van der Waals surface area contributed by atoms with Gasteiger partial charge in [0.15, 0.2) is 0 Å². The van der Waals surface area contributed by atoms with Crippen LogP contribution in [0.2, 0.25) is 0 Å². The number of anilines is 3. The van der Waals surface area contributed by atoms with Crippen LogP contribution in [0.15, 0.2) is 60.8 Å². The van der Waals surface area contributed by atoms with E-state index in [2.05, 4.69) is 58.5 Å². The predicted octanol–water partition coefficient (Wildman–Crippen LogP) is 4.22. The maximum Gasteiger partial charge on any atom is 0.224 e. The number of ether oxygens (including phenoxy) is 1. The molecule has 27 heavy (non-hydrogen) atoms. The van der Waals surface area contributed by atoms with E-state index in [9.17, 15) is 0 Å². The molecule has 2 aromatic carbocycles. The molecule has 0 spiro atoms. The normalized spacial score (nSPS) is 15.5. The summed E-state index contributed by atoms with van der Waals surface area (Å²) in [6.07, 6.45) is 3.77. The van der Waals surface area contributed by atoms with Crippen molar-refractivity contribution < 1.29 is 4.74 Å². The predicted molar refractivity (Wildman–Crippen MR) is 109 cm³/mol. The Morgan fingerprint density at radius 2 is 1.93 bits per heavy atom. The number of fused-ring (bicyclic) bond motifs is 1. The smallest absolute Gasteiger partial charge is 0.224 e. The SMILES string of the molecule is COc1ccc(CCNc2nccc(N3c4ccccc4CC3C)n2)cc1. The van der Waals surface area contributed by atoms with Crippen molar-refractivity contribution in [3.63, 3.8) is 0 Å². The van der Waals surface area contributed by atoms with Gasteiger partial charge in [0.25, 0.3) is 0 Å². The molecule has 0 amide bonds. The minimum Gasteiger partial charge on any atom is -0.497 e. The highest BCUT2D eigenvalue weighted by Crippen LogP contribution is 2.37. The Bertz CT molecular complexity index is 910. The Morgan fingerprint density at radius 1 is 1.11 bits per heavy atom. The molecule has 0 saturated carbocycles. The first-order chi connectivity index (χ1) is 13.2. The highest BCUT2D eigenvalue weighted by molar-refractivity contribution is 5.69. The second-order valence-electron chi connectivity index (χ2n) is 6.82. The van der Waals surface area contributed by atoms with Crippen LogP contribution in [-0.2, 0) is 12.8 Å². The lowest BCUT2D eigenvalue weighted by molar-refractivity contribution is 0.414. The average molecular weight is 360 g/mol. The van der Waals surface area contributed by atoms with E-state index in [0.29, 0.717) is 12.0 Å². The number of hydrogen-bond donors (Lipinski definition) is 1. The van der Waals surface area contributed by atoms with Gasteiger partial charge in [0.05, 0.1) is 7.11 Å². The molecule has 0 fully saturated rings. The van der Waals surface area contributed by atoms with Crippen LogP contribution in [-0.4, -0.2) is 29.7 Å². The molecule has 0 saturated heterocycles. The molecule has 1 N–H and O–H groups in total. The molecule has 1 unspecified atom stereocenters. The van der Waals surface area contributed by atoms with Gasteiger partial charge < -0.3 is 15.0 Å². The number of hydrogen-bond acceptors (Lipinski definition) is 5. The van der Waals surface area contributed by atoms with E-state index >= 15 is 0 Å². The number of aromatic nitrogens is 2. The zero-order chi connectivity index (χ0) is 18.6. The van der Waals surface area contributed by atoms with E-state index in [-0.39, 0.29) is 0 Å². The third-order valence-corrected chi connectivity index (χ3v) is 4.95. The molecular formula is C22H24N4O. The first-order valence-electron chi connectivity index (χ1n) is 9.31. The standard InChI is InChI=1S/C22H24N4O/c1-16-15-18-5-3-4-6-20(18)26(16)21-12-14-24-22(25-21)23-13-11-17-7-9-19(27-2)10-8-17/h3-10,12,14,16H,11,13,15H2,1-2H3,(H,23,24,25). The van der Waals surface area contributed by atoms with Gasteiger partial charge in [0, 0.05) is 24.5 Å². The summed E-state index contributed by atoms with van der Waals surface area (Å²) in [6.45, 7) is 3.01. The molecule has 3 aromatic rings. The molecule has 5 nitrogen and oxygen atoms in total. The Hall–Kier alpha value is -3.08. The molecule has 1 atom stereocenters. The number of nitrogens with zero attached hydrogens (tertiary/aromatic N) is 3. The summed E-state index contributed by atoms with van der Waals surface area (Å²) in [6, 6.07) is 19.1. The summed E-state index contributed by atoms with van der Waals surface area (Å²) in [4.78, 5) is 11.4. The maximum atomic E-state index is 5.20. The fourth-order valence-corrected chi connectivity index (χ4v) is 3.59. The van der Waals surface area contributed by atoms with Gasteiger partial charge in [-0.3, -0.25) is 0 Å².